The minimum atomic E-state index is -1.50. The Morgan fingerprint density at radius 3 is 2.60 bits per heavy atom. The lowest BCUT2D eigenvalue weighted by Crippen LogP contribution is -2.70. The first-order chi connectivity index (χ1) is 30.3. The third-order valence-corrected chi connectivity index (χ3v) is 12.5. The first-order valence-corrected chi connectivity index (χ1v) is 22.4. The molecule has 334 valence electrons. The van der Waals surface area contributed by atoms with Crippen molar-refractivity contribution in [1.82, 2.24) is 9.88 Å². The van der Waals surface area contributed by atoms with Crippen molar-refractivity contribution in [3.63, 3.8) is 0 Å². The predicted molar refractivity (Wildman–Crippen MR) is 232 cm³/mol. The Morgan fingerprint density at radius 2 is 1.87 bits per heavy atom. The van der Waals surface area contributed by atoms with Gasteiger partial charge in [-0.25, -0.2) is 9.18 Å². The zero-order chi connectivity index (χ0) is 43.5. The number of benzene rings is 2. The van der Waals surface area contributed by atoms with E-state index in [1.807, 2.05) is 37.3 Å². The predicted octanol–water partition coefficient (Wildman–Crippen LogP) is 8.93. The molecule has 1 unspecified atom stereocenters. The maximum absolute atomic E-state index is 14.4. The number of ether oxygens (including phenoxy) is 5. The summed E-state index contributed by atoms with van der Waals surface area (Å²) in [6.45, 7) is 9.06. The molecular weight excluding hydrogens is 794 g/mol. The molecule has 2 aliphatic heterocycles. The van der Waals surface area contributed by atoms with Crippen molar-refractivity contribution in [3.05, 3.63) is 113 Å². The Hall–Kier alpha value is -4.82. The number of hydrogen-bond donors (Lipinski definition) is 2. The average Bonchev–Trinajstić information content (AvgIpc) is 3.28. The fourth-order valence-corrected chi connectivity index (χ4v) is 9.79. The fraction of sp³-hybridized carbons (Fsp3) is 0.531. The molecule has 3 heterocycles. The molecule has 2 aliphatic carbocycles. The second-order valence-corrected chi connectivity index (χ2v) is 16.7. The van der Waals surface area contributed by atoms with E-state index in [9.17, 15) is 19.4 Å². The summed E-state index contributed by atoms with van der Waals surface area (Å²) in [6.07, 6.45) is 10.2. The molecule has 62 heavy (non-hydrogen) atoms. The number of amides is 1. The van der Waals surface area contributed by atoms with Crippen LogP contribution in [0.15, 0.2) is 90.1 Å². The molecular formula is C49H62FN3O9. The molecule has 7 rings (SSSR count). The van der Waals surface area contributed by atoms with Gasteiger partial charge in [-0.05, 0) is 118 Å². The van der Waals surface area contributed by atoms with E-state index >= 15 is 0 Å². The van der Waals surface area contributed by atoms with Crippen molar-refractivity contribution < 1.29 is 47.9 Å². The van der Waals surface area contributed by atoms with Crippen molar-refractivity contribution in [2.45, 2.75) is 115 Å². The van der Waals surface area contributed by atoms with Crippen LogP contribution in [0.25, 0.3) is 0 Å². The summed E-state index contributed by atoms with van der Waals surface area (Å²) in [4.78, 5) is 27.0. The number of allylic oxidation sites excluding steroid dienone is 1. The number of aryl methyl sites for hydroxylation is 1. The highest BCUT2D eigenvalue weighted by molar-refractivity contribution is 6.03. The molecule has 12 nitrogen and oxygen atoms in total. The number of unbranched alkanes of at least 4 members (excludes halogenated alkanes) is 2. The largest absolute Gasteiger partial charge is 0.487 e. The van der Waals surface area contributed by atoms with Crippen molar-refractivity contribution in [2.24, 2.45) is 22.9 Å². The smallest absolute Gasteiger partial charge is 0.410 e. The van der Waals surface area contributed by atoms with E-state index in [0.29, 0.717) is 48.6 Å². The van der Waals surface area contributed by atoms with Gasteiger partial charge >= 0.3 is 6.09 Å². The lowest BCUT2D eigenvalue weighted by atomic mass is 9.55. The quantitative estimate of drug-likeness (QED) is 0.0643. The van der Waals surface area contributed by atoms with Gasteiger partial charge in [0.1, 0.15) is 30.0 Å². The average molecular weight is 856 g/mol. The fourth-order valence-electron chi connectivity index (χ4n) is 9.79. The van der Waals surface area contributed by atoms with E-state index < -0.39 is 30.1 Å². The van der Waals surface area contributed by atoms with E-state index in [0.717, 1.165) is 61.0 Å². The molecule has 2 N–H and O–H groups in total. The van der Waals surface area contributed by atoms with E-state index in [2.05, 4.69) is 23.7 Å². The van der Waals surface area contributed by atoms with Crippen LogP contribution in [0.1, 0.15) is 99.6 Å². The van der Waals surface area contributed by atoms with Crippen molar-refractivity contribution in [1.29, 1.82) is 0 Å². The van der Waals surface area contributed by atoms with Crippen LogP contribution in [0.4, 0.5) is 9.18 Å². The van der Waals surface area contributed by atoms with Gasteiger partial charge in [0.05, 0.1) is 37.1 Å². The van der Waals surface area contributed by atoms with Crippen LogP contribution in [0.5, 0.6) is 11.5 Å². The summed E-state index contributed by atoms with van der Waals surface area (Å²) in [5.41, 5.74) is 4.90. The molecule has 1 aromatic heterocycles. The number of aromatic nitrogens is 1. The van der Waals surface area contributed by atoms with Gasteiger partial charge < -0.3 is 38.7 Å². The molecule has 2 aromatic carbocycles. The molecule has 3 aromatic rings. The number of carbonyl (C=O) groups excluding carboxylic acids is 1. The number of rotatable bonds is 20. The van der Waals surface area contributed by atoms with Crippen molar-refractivity contribution in [2.75, 3.05) is 33.0 Å². The van der Waals surface area contributed by atoms with E-state index in [1.54, 1.807) is 30.0 Å². The summed E-state index contributed by atoms with van der Waals surface area (Å²) in [5, 5.41) is 24.8. The molecule has 4 aliphatic rings. The summed E-state index contributed by atoms with van der Waals surface area (Å²) >= 11 is 0. The van der Waals surface area contributed by atoms with E-state index in [4.69, 9.17) is 33.7 Å². The van der Waals surface area contributed by atoms with Crippen LogP contribution < -0.4 is 9.47 Å². The maximum Gasteiger partial charge on any atom is 0.410 e. The molecule has 7 atom stereocenters. The normalized spacial score (nSPS) is 25.8. The highest BCUT2D eigenvalue weighted by atomic mass is 19.1. The second kappa shape index (κ2) is 21.5. The second-order valence-electron chi connectivity index (χ2n) is 16.7. The van der Waals surface area contributed by atoms with E-state index in [-0.39, 0.29) is 69.6 Å². The Labute approximate surface area is 364 Å². The first-order valence-electron chi connectivity index (χ1n) is 22.4. The van der Waals surface area contributed by atoms with Crippen LogP contribution >= 0.6 is 0 Å². The van der Waals surface area contributed by atoms with Crippen LogP contribution in [0.3, 0.4) is 0 Å². The summed E-state index contributed by atoms with van der Waals surface area (Å²) < 4.78 is 46.9. The lowest BCUT2D eigenvalue weighted by molar-refractivity contribution is -0.256. The molecule has 1 saturated heterocycles. The minimum Gasteiger partial charge on any atom is -0.487 e. The zero-order valence-electron chi connectivity index (χ0n) is 36.1. The molecule has 0 spiro atoms. The standard InChI is InChI=1S/C49H62FN3O9/c1-4-26-60-49-44(53(48(56)57-5-2)31-34-18-20-36(50)21-19-34)30-42(52-62-45-17-8-11-27-58-45)40-28-35(14-6-9-24-54)39(16-7-10-25-55)46(47(40)49)41-29-38(22-23-43(41)61-49)59-32-37-15-12-13-33(3)51-37/h4,12-13,15,18-23,28-29,35,39,44-47,54-55H,1,5-11,14,16-17,24-27,30-32H2,2-3H3/t35-,39+,44-,45?,46+,47+,49+/m0/s1. The number of aliphatic hydroxyl groups excluding tert-OH is 2. The van der Waals surface area contributed by atoms with Crippen molar-refractivity contribution in [3.8, 4) is 11.5 Å². The Balaban J connectivity index is 1.43. The number of fused-ring (bicyclic) bond motifs is 2. The zero-order valence-corrected chi connectivity index (χ0v) is 36.1. The highest BCUT2D eigenvalue weighted by Gasteiger charge is 2.65. The van der Waals surface area contributed by atoms with Gasteiger partial charge in [0.15, 0.2) is 0 Å². The van der Waals surface area contributed by atoms with Gasteiger partial charge in [-0.15, -0.1) is 6.58 Å². The Bertz CT molecular complexity index is 2020. The first kappa shape index (κ1) is 45.2. The van der Waals surface area contributed by atoms with Crippen LogP contribution in [0, 0.1) is 30.5 Å². The number of nitrogens with zero attached hydrogens (tertiary/aromatic N) is 3. The van der Waals surface area contributed by atoms with Crippen molar-refractivity contribution >= 4 is 11.8 Å². The van der Waals surface area contributed by atoms with Gasteiger partial charge in [0.25, 0.3) is 0 Å². The molecule has 0 bridgehead atoms. The third kappa shape index (κ3) is 10.3. The third-order valence-electron chi connectivity index (χ3n) is 12.5. The number of aliphatic hydroxyl groups is 2. The Kier molecular flexibility index (Phi) is 15.7. The molecule has 13 heteroatoms. The number of hydrogen-bond acceptors (Lipinski definition) is 11. The van der Waals surface area contributed by atoms with Crippen LogP contribution in [0.2, 0.25) is 0 Å². The molecule has 1 saturated carbocycles. The number of oxime groups is 1. The maximum atomic E-state index is 14.4. The van der Waals surface area contributed by atoms with Crippen LogP contribution in [-0.2, 0) is 32.2 Å². The van der Waals surface area contributed by atoms with Gasteiger partial charge in [-0.3, -0.25) is 9.88 Å². The molecule has 0 radical (unpaired) electrons. The monoisotopic (exact) mass is 855 g/mol. The molecule has 2 fully saturated rings. The lowest BCUT2D eigenvalue weighted by Gasteiger charge is -2.59. The number of pyridine rings is 1. The van der Waals surface area contributed by atoms with Gasteiger partial charge in [0.2, 0.25) is 12.1 Å². The summed E-state index contributed by atoms with van der Waals surface area (Å²) in [6, 6.07) is 17.0. The number of carbonyl (C=O) groups is 1. The summed E-state index contributed by atoms with van der Waals surface area (Å²) in [7, 11) is 0. The Morgan fingerprint density at radius 1 is 1.06 bits per heavy atom. The van der Waals surface area contributed by atoms with E-state index in [1.165, 1.54) is 12.1 Å². The SMILES string of the molecule is C=CCO[C@@]12Oc3ccc(OCc4cccc(C)n4)cc3[C@H]3[C@H](CCCCO)[C@@H](CCCCO)C=C(C(=NOC4CCCCO4)C[C@@H]1N(Cc1ccc(F)cc1)C(=O)OCC)[C@H]32. The van der Waals surface area contributed by atoms with Crippen LogP contribution in [-0.4, -0.2) is 83.1 Å². The van der Waals surface area contributed by atoms with Gasteiger partial charge in [-0.2, -0.15) is 0 Å². The topological polar surface area (TPSA) is 141 Å². The van der Waals surface area contributed by atoms with Gasteiger partial charge in [0, 0.05) is 49.8 Å². The minimum absolute atomic E-state index is 0.0211. The summed E-state index contributed by atoms with van der Waals surface area (Å²) in [5.74, 6) is -1.35. The van der Waals surface area contributed by atoms with Gasteiger partial charge in [-0.1, -0.05) is 48.3 Å². The highest BCUT2D eigenvalue weighted by Crippen LogP contribution is 2.62. The molecule has 1 amide bonds. The number of halogens is 1.